The van der Waals surface area contributed by atoms with Gasteiger partial charge in [0.15, 0.2) is 0 Å². The first-order valence-corrected chi connectivity index (χ1v) is 6.77. The zero-order valence-corrected chi connectivity index (χ0v) is 11.8. The van der Waals surface area contributed by atoms with Crippen molar-refractivity contribution in [1.82, 2.24) is 4.98 Å². The maximum absolute atomic E-state index is 11.0. The minimum Gasteiger partial charge on any atom is -0.370 e. The summed E-state index contributed by atoms with van der Waals surface area (Å²) < 4.78 is 0. The van der Waals surface area contributed by atoms with Crippen LogP contribution in [-0.2, 0) is 0 Å². The second kappa shape index (κ2) is 7.56. The molecule has 0 bridgehead atoms. The van der Waals surface area contributed by atoms with Crippen molar-refractivity contribution in [3.05, 3.63) is 22.2 Å². The topological polar surface area (TPSA) is 71.3 Å². The minimum absolute atomic E-state index is 0.0816. The van der Waals surface area contributed by atoms with E-state index >= 15 is 0 Å². The lowest BCUT2D eigenvalue weighted by Gasteiger charge is -2.21. The number of nitrogens with zero attached hydrogens (tertiary/aromatic N) is 3. The average molecular weight is 266 g/mol. The van der Waals surface area contributed by atoms with Crippen LogP contribution < -0.4 is 10.2 Å². The lowest BCUT2D eigenvalue weighted by Crippen LogP contribution is -2.24. The molecular formula is C13H22N4O2. The molecule has 0 saturated heterocycles. The molecule has 6 nitrogen and oxygen atoms in total. The summed E-state index contributed by atoms with van der Waals surface area (Å²) in [6.45, 7) is 8.53. The number of nitro groups is 1. The van der Waals surface area contributed by atoms with Crippen molar-refractivity contribution in [3.8, 4) is 0 Å². The summed E-state index contributed by atoms with van der Waals surface area (Å²) in [5, 5.41) is 14.1. The molecule has 0 spiro atoms. The summed E-state index contributed by atoms with van der Waals surface area (Å²) in [7, 11) is 0. The summed E-state index contributed by atoms with van der Waals surface area (Å²) in [4.78, 5) is 17.1. The molecule has 106 valence electrons. The average Bonchev–Trinajstić information content (AvgIpc) is 2.42. The van der Waals surface area contributed by atoms with Crippen LogP contribution in [0.4, 0.5) is 17.3 Å². The first kappa shape index (κ1) is 15.2. The largest absolute Gasteiger partial charge is 0.370 e. The van der Waals surface area contributed by atoms with Crippen LogP contribution >= 0.6 is 0 Å². The van der Waals surface area contributed by atoms with Gasteiger partial charge in [0, 0.05) is 19.6 Å². The van der Waals surface area contributed by atoms with Crippen LogP contribution in [-0.4, -0.2) is 29.5 Å². The number of hydrogen-bond donors (Lipinski definition) is 1. The van der Waals surface area contributed by atoms with E-state index in [1.54, 1.807) is 0 Å². The van der Waals surface area contributed by atoms with E-state index in [-0.39, 0.29) is 10.6 Å². The molecule has 0 aliphatic rings. The Morgan fingerprint density at radius 2 is 2.05 bits per heavy atom. The van der Waals surface area contributed by atoms with Gasteiger partial charge >= 0.3 is 0 Å². The van der Waals surface area contributed by atoms with Crippen LogP contribution in [0.2, 0.25) is 0 Å². The maximum Gasteiger partial charge on any atom is 0.276 e. The Bertz CT molecular complexity index is 423. The third-order valence-corrected chi connectivity index (χ3v) is 2.76. The molecule has 1 aromatic rings. The van der Waals surface area contributed by atoms with E-state index < -0.39 is 0 Å². The molecule has 0 unspecified atom stereocenters. The fourth-order valence-corrected chi connectivity index (χ4v) is 1.82. The van der Waals surface area contributed by atoms with Crippen molar-refractivity contribution in [1.29, 1.82) is 0 Å². The quantitative estimate of drug-likeness (QED) is 0.578. The van der Waals surface area contributed by atoms with Gasteiger partial charge in [0.05, 0.1) is 17.1 Å². The van der Waals surface area contributed by atoms with Gasteiger partial charge in [-0.15, -0.1) is 0 Å². The number of aromatic nitrogens is 1. The van der Waals surface area contributed by atoms with Crippen LogP contribution in [0.15, 0.2) is 12.1 Å². The number of nitrogens with one attached hydrogen (secondary N) is 1. The fraction of sp³-hybridized carbons (Fsp3) is 0.615. The van der Waals surface area contributed by atoms with Gasteiger partial charge in [0.25, 0.3) is 5.69 Å². The highest BCUT2D eigenvalue weighted by Crippen LogP contribution is 2.23. The van der Waals surface area contributed by atoms with Crippen molar-refractivity contribution in [2.45, 2.75) is 33.6 Å². The zero-order chi connectivity index (χ0) is 14.3. The maximum atomic E-state index is 11.0. The summed E-state index contributed by atoms with van der Waals surface area (Å²) in [6.07, 6.45) is 1.93. The molecular weight excluding hydrogens is 244 g/mol. The SMILES string of the molecule is CCCNc1cc([N+](=O)[O-])cc(N(CC)CCC)n1. The van der Waals surface area contributed by atoms with E-state index in [1.165, 1.54) is 12.1 Å². The summed E-state index contributed by atoms with van der Waals surface area (Å²) in [6, 6.07) is 3.02. The molecule has 0 aliphatic heterocycles. The molecule has 0 atom stereocenters. The normalized spacial score (nSPS) is 10.3. The first-order chi connectivity index (χ1) is 9.12. The number of rotatable bonds is 8. The standard InChI is InChI=1S/C13H22N4O2/c1-4-7-14-12-9-11(17(18)19)10-13(15-12)16(6-3)8-5-2/h9-10H,4-8H2,1-3H3,(H,14,15). The Labute approximate surface area is 114 Å². The molecule has 0 radical (unpaired) electrons. The predicted molar refractivity (Wildman–Crippen MR) is 77.9 cm³/mol. The Morgan fingerprint density at radius 1 is 1.32 bits per heavy atom. The van der Waals surface area contributed by atoms with Gasteiger partial charge in [-0.25, -0.2) is 4.98 Å². The van der Waals surface area contributed by atoms with Crippen LogP contribution in [0.5, 0.6) is 0 Å². The highest BCUT2D eigenvalue weighted by Gasteiger charge is 2.14. The lowest BCUT2D eigenvalue weighted by atomic mass is 10.3. The zero-order valence-electron chi connectivity index (χ0n) is 11.8. The van der Waals surface area contributed by atoms with Gasteiger partial charge in [-0.1, -0.05) is 13.8 Å². The Balaban J connectivity index is 3.07. The predicted octanol–water partition coefficient (Wildman–Crippen LogP) is 3.05. The van der Waals surface area contributed by atoms with Gasteiger partial charge in [0.1, 0.15) is 11.6 Å². The monoisotopic (exact) mass is 266 g/mol. The number of pyridine rings is 1. The highest BCUT2D eigenvalue weighted by atomic mass is 16.6. The van der Waals surface area contributed by atoms with E-state index in [9.17, 15) is 10.1 Å². The highest BCUT2D eigenvalue weighted by molar-refractivity contribution is 5.55. The van der Waals surface area contributed by atoms with Gasteiger partial charge in [-0.05, 0) is 19.8 Å². The van der Waals surface area contributed by atoms with Crippen molar-refractivity contribution in [2.75, 3.05) is 29.9 Å². The van der Waals surface area contributed by atoms with Crippen LogP contribution in [0.3, 0.4) is 0 Å². The second-order valence-electron chi connectivity index (χ2n) is 4.33. The Hall–Kier alpha value is -1.85. The third-order valence-electron chi connectivity index (χ3n) is 2.76. The van der Waals surface area contributed by atoms with Crippen molar-refractivity contribution < 1.29 is 4.92 Å². The number of anilines is 2. The van der Waals surface area contributed by atoms with Gasteiger partial charge in [-0.2, -0.15) is 0 Å². The second-order valence-corrected chi connectivity index (χ2v) is 4.33. The molecule has 1 aromatic heterocycles. The molecule has 0 aliphatic carbocycles. The van der Waals surface area contributed by atoms with E-state index in [0.717, 1.165) is 32.5 Å². The molecule has 0 amide bonds. The van der Waals surface area contributed by atoms with Crippen LogP contribution in [0.25, 0.3) is 0 Å². The van der Waals surface area contributed by atoms with Gasteiger partial charge < -0.3 is 10.2 Å². The minimum atomic E-state index is -0.373. The lowest BCUT2D eigenvalue weighted by molar-refractivity contribution is -0.384. The van der Waals surface area contributed by atoms with Crippen molar-refractivity contribution in [2.24, 2.45) is 0 Å². The van der Waals surface area contributed by atoms with Crippen molar-refractivity contribution in [3.63, 3.8) is 0 Å². The molecule has 19 heavy (non-hydrogen) atoms. The van der Waals surface area contributed by atoms with Crippen LogP contribution in [0.1, 0.15) is 33.6 Å². The molecule has 1 rings (SSSR count). The summed E-state index contributed by atoms with van der Waals surface area (Å²) in [5.74, 6) is 1.23. The van der Waals surface area contributed by atoms with E-state index in [4.69, 9.17) is 0 Å². The Morgan fingerprint density at radius 3 is 2.58 bits per heavy atom. The van der Waals surface area contributed by atoms with E-state index in [2.05, 4.69) is 17.2 Å². The molecule has 0 fully saturated rings. The van der Waals surface area contributed by atoms with Gasteiger partial charge in [0.2, 0.25) is 0 Å². The summed E-state index contributed by atoms with van der Waals surface area (Å²) in [5.41, 5.74) is 0.0816. The van der Waals surface area contributed by atoms with Crippen molar-refractivity contribution >= 4 is 17.3 Å². The molecule has 0 saturated carbocycles. The van der Waals surface area contributed by atoms with E-state index in [0.29, 0.717) is 11.6 Å². The number of hydrogen-bond acceptors (Lipinski definition) is 5. The first-order valence-electron chi connectivity index (χ1n) is 6.77. The molecule has 1 heterocycles. The fourth-order valence-electron chi connectivity index (χ4n) is 1.82. The molecule has 6 heteroatoms. The smallest absolute Gasteiger partial charge is 0.276 e. The third kappa shape index (κ3) is 4.39. The Kier molecular flexibility index (Phi) is 6.05. The summed E-state index contributed by atoms with van der Waals surface area (Å²) >= 11 is 0. The van der Waals surface area contributed by atoms with Gasteiger partial charge in [-0.3, -0.25) is 10.1 Å². The van der Waals surface area contributed by atoms with E-state index in [1.807, 2.05) is 18.7 Å². The molecule has 0 aromatic carbocycles. The van der Waals surface area contributed by atoms with Crippen LogP contribution in [0, 0.1) is 10.1 Å². The molecule has 1 N–H and O–H groups in total.